The molecule has 21 heavy (non-hydrogen) atoms. The van der Waals surface area contributed by atoms with Crippen LogP contribution in [0, 0.1) is 18.3 Å². The van der Waals surface area contributed by atoms with Crippen LogP contribution in [0.2, 0.25) is 0 Å². The third-order valence-electron chi connectivity index (χ3n) is 4.72. The van der Waals surface area contributed by atoms with Gasteiger partial charge in [0.15, 0.2) is 0 Å². The van der Waals surface area contributed by atoms with Gasteiger partial charge in [0.05, 0.1) is 36.1 Å². The Kier molecular flexibility index (Phi) is 2.76. The predicted molar refractivity (Wildman–Crippen MR) is 76.6 cm³/mol. The van der Waals surface area contributed by atoms with Crippen molar-refractivity contribution in [2.24, 2.45) is 5.92 Å². The van der Waals surface area contributed by atoms with E-state index >= 15 is 0 Å². The lowest BCUT2D eigenvalue weighted by atomic mass is 9.81. The van der Waals surface area contributed by atoms with E-state index in [0.717, 1.165) is 25.1 Å². The number of fused-ring (bicyclic) bond motifs is 1. The molecule has 0 bridgehead atoms. The SMILES string of the molecule is [C-]#[N+]c1cc2c(cc1F)ncn2C[C@H]1CCC[C@@]2(CO2)C1. The largest absolute Gasteiger partial charge is 0.370 e. The van der Waals surface area contributed by atoms with Gasteiger partial charge in [0, 0.05) is 6.54 Å². The maximum atomic E-state index is 13.6. The first-order chi connectivity index (χ1) is 10.2. The van der Waals surface area contributed by atoms with Gasteiger partial charge >= 0.3 is 0 Å². The number of hydrogen-bond acceptors (Lipinski definition) is 2. The zero-order chi connectivity index (χ0) is 14.4. The molecule has 2 aliphatic rings. The third kappa shape index (κ3) is 2.20. The Morgan fingerprint density at radius 2 is 2.38 bits per heavy atom. The van der Waals surface area contributed by atoms with Gasteiger partial charge in [-0.25, -0.2) is 14.2 Å². The first kappa shape index (κ1) is 12.8. The summed E-state index contributed by atoms with van der Waals surface area (Å²) >= 11 is 0. The molecule has 4 rings (SSSR count). The predicted octanol–water partition coefficient (Wildman–Crippen LogP) is 3.69. The summed E-state index contributed by atoms with van der Waals surface area (Å²) in [6.07, 6.45) is 6.44. The molecule has 1 aromatic carbocycles. The molecule has 0 amide bonds. The number of benzene rings is 1. The molecule has 0 N–H and O–H groups in total. The second-order valence-electron chi connectivity index (χ2n) is 6.24. The molecule has 5 heteroatoms. The number of halogens is 1. The Balaban J connectivity index is 1.63. The Morgan fingerprint density at radius 1 is 1.52 bits per heavy atom. The van der Waals surface area contributed by atoms with E-state index in [1.54, 1.807) is 12.4 Å². The van der Waals surface area contributed by atoms with Crippen molar-refractivity contribution >= 4 is 16.7 Å². The molecule has 2 atom stereocenters. The van der Waals surface area contributed by atoms with Crippen LogP contribution in [0.4, 0.5) is 10.1 Å². The summed E-state index contributed by atoms with van der Waals surface area (Å²) in [6, 6.07) is 2.96. The minimum absolute atomic E-state index is 0.0647. The lowest BCUT2D eigenvalue weighted by Gasteiger charge is -2.27. The molecule has 2 heterocycles. The highest BCUT2D eigenvalue weighted by Gasteiger charge is 2.47. The average molecular weight is 285 g/mol. The van der Waals surface area contributed by atoms with Crippen LogP contribution in [0.25, 0.3) is 15.9 Å². The van der Waals surface area contributed by atoms with E-state index in [9.17, 15) is 4.39 Å². The summed E-state index contributed by atoms with van der Waals surface area (Å²) in [6.45, 7) is 8.81. The van der Waals surface area contributed by atoms with E-state index in [-0.39, 0.29) is 11.3 Å². The van der Waals surface area contributed by atoms with Crippen molar-refractivity contribution in [1.82, 2.24) is 9.55 Å². The standard InChI is InChI=1S/C16H16FN3O/c1-18-13-6-15-14(5-12(13)17)19-10-20(15)8-11-3-2-4-16(7-11)9-21-16/h5-6,10-11H,2-4,7-9H2/t11-,16-/m0/s1. The number of epoxide rings is 1. The summed E-state index contributed by atoms with van der Waals surface area (Å²) < 4.78 is 21.3. The Morgan fingerprint density at radius 3 is 3.14 bits per heavy atom. The maximum Gasteiger partial charge on any atom is 0.224 e. The van der Waals surface area contributed by atoms with Gasteiger partial charge in [-0.1, -0.05) is 6.42 Å². The summed E-state index contributed by atoms with van der Waals surface area (Å²) in [7, 11) is 0. The van der Waals surface area contributed by atoms with Crippen molar-refractivity contribution in [3.8, 4) is 0 Å². The molecule has 1 saturated carbocycles. The summed E-state index contributed by atoms with van der Waals surface area (Å²) in [5, 5.41) is 0. The van der Waals surface area contributed by atoms with Crippen LogP contribution in [0.5, 0.6) is 0 Å². The fourth-order valence-corrected chi connectivity index (χ4v) is 3.54. The second-order valence-corrected chi connectivity index (χ2v) is 6.24. The van der Waals surface area contributed by atoms with Crippen LogP contribution in [0.1, 0.15) is 25.7 Å². The van der Waals surface area contributed by atoms with Crippen LogP contribution < -0.4 is 0 Å². The second kappa shape index (κ2) is 4.54. The maximum absolute atomic E-state index is 13.6. The van der Waals surface area contributed by atoms with Gasteiger partial charge in [-0.2, -0.15) is 0 Å². The van der Waals surface area contributed by atoms with Crippen molar-refractivity contribution in [2.75, 3.05) is 6.61 Å². The fraction of sp³-hybridized carbons (Fsp3) is 0.500. The van der Waals surface area contributed by atoms with Crippen LogP contribution in [-0.2, 0) is 11.3 Å². The van der Waals surface area contributed by atoms with Gasteiger partial charge in [-0.15, -0.1) is 0 Å². The number of ether oxygens (including phenoxy) is 1. The highest BCUT2D eigenvalue weighted by atomic mass is 19.1. The van der Waals surface area contributed by atoms with Crippen molar-refractivity contribution < 1.29 is 9.13 Å². The van der Waals surface area contributed by atoms with Gasteiger partial charge in [-0.3, -0.25) is 0 Å². The number of hydrogen-bond donors (Lipinski definition) is 0. The first-order valence-corrected chi connectivity index (χ1v) is 7.35. The highest BCUT2D eigenvalue weighted by Crippen LogP contribution is 2.44. The van der Waals surface area contributed by atoms with Gasteiger partial charge < -0.3 is 9.30 Å². The molecule has 1 spiro atoms. The van der Waals surface area contributed by atoms with Gasteiger partial charge in [0.25, 0.3) is 0 Å². The van der Waals surface area contributed by atoms with E-state index < -0.39 is 5.82 Å². The van der Waals surface area contributed by atoms with Crippen LogP contribution in [0.15, 0.2) is 18.5 Å². The summed E-state index contributed by atoms with van der Waals surface area (Å²) in [4.78, 5) is 7.50. The topological polar surface area (TPSA) is 34.7 Å². The fourth-order valence-electron chi connectivity index (χ4n) is 3.54. The van der Waals surface area contributed by atoms with E-state index in [1.165, 1.54) is 25.3 Å². The molecule has 0 radical (unpaired) electrons. The van der Waals surface area contributed by atoms with Gasteiger partial charge in [-0.05, 0) is 37.3 Å². The molecule has 2 aromatic rings. The van der Waals surface area contributed by atoms with E-state index in [4.69, 9.17) is 11.3 Å². The average Bonchev–Trinajstić information content (AvgIpc) is 3.11. The van der Waals surface area contributed by atoms with E-state index in [1.807, 2.05) is 0 Å². The molecule has 1 aliphatic heterocycles. The van der Waals surface area contributed by atoms with Crippen LogP contribution in [-0.4, -0.2) is 21.8 Å². The number of imidazole rings is 1. The van der Waals surface area contributed by atoms with E-state index in [2.05, 4.69) is 14.4 Å². The van der Waals surface area contributed by atoms with Crippen molar-refractivity contribution in [3.05, 3.63) is 35.7 Å². The van der Waals surface area contributed by atoms with Crippen molar-refractivity contribution in [3.63, 3.8) is 0 Å². The zero-order valence-corrected chi connectivity index (χ0v) is 11.7. The Labute approximate surface area is 122 Å². The molecule has 1 aliphatic carbocycles. The van der Waals surface area contributed by atoms with E-state index in [0.29, 0.717) is 11.4 Å². The highest BCUT2D eigenvalue weighted by molar-refractivity contribution is 5.80. The number of aromatic nitrogens is 2. The number of rotatable bonds is 2. The normalized spacial score (nSPS) is 27.9. The lowest BCUT2D eigenvalue weighted by Crippen LogP contribution is -2.25. The quantitative estimate of drug-likeness (QED) is 0.623. The van der Waals surface area contributed by atoms with Crippen LogP contribution >= 0.6 is 0 Å². The molecule has 2 fully saturated rings. The van der Waals surface area contributed by atoms with Crippen molar-refractivity contribution in [2.45, 2.75) is 37.8 Å². The Bertz CT molecular complexity index is 742. The van der Waals surface area contributed by atoms with Gasteiger partial charge in [0.2, 0.25) is 5.69 Å². The molecule has 4 nitrogen and oxygen atoms in total. The molecule has 1 aromatic heterocycles. The Hall–Kier alpha value is -1.93. The molecular weight excluding hydrogens is 269 g/mol. The van der Waals surface area contributed by atoms with Crippen molar-refractivity contribution in [1.29, 1.82) is 0 Å². The van der Waals surface area contributed by atoms with Gasteiger partial charge in [0.1, 0.15) is 5.82 Å². The minimum Gasteiger partial charge on any atom is -0.370 e. The summed E-state index contributed by atoms with van der Waals surface area (Å²) in [5.41, 5.74) is 1.69. The smallest absolute Gasteiger partial charge is 0.224 e. The third-order valence-corrected chi connectivity index (χ3v) is 4.72. The lowest BCUT2D eigenvalue weighted by molar-refractivity contribution is 0.179. The first-order valence-electron chi connectivity index (χ1n) is 7.35. The molecule has 1 saturated heterocycles. The molecular formula is C16H16FN3O. The molecule has 108 valence electrons. The van der Waals surface area contributed by atoms with Crippen LogP contribution in [0.3, 0.4) is 0 Å². The minimum atomic E-state index is -0.495. The number of nitrogens with zero attached hydrogens (tertiary/aromatic N) is 3. The monoisotopic (exact) mass is 285 g/mol. The summed E-state index contributed by atoms with van der Waals surface area (Å²) in [5.74, 6) is 0.0749. The zero-order valence-electron chi connectivity index (χ0n) is 11.7. The molecule has 0 unspecified atom stereocenters.